The summed E-state index contributed by atoms with van der Waals surface area (Å²) < 4.78 is 0.890. The van der Waals surface area contributed by atoms with E-state index in [4.69, 9.17) is 5.11 Å². The molecule has 1 aromatic rings. The standard InChI is InChI=1S/C9H14N.C3H8O.HI.H3N/c1-10(2,3)9-7-5-4-6-8-9;1-2-3-4;;/h4-8H,1-3H3;4H,2-3H2,1H3;1H;1H3/q+1;;;. The number of aliphatic hydroxyl groups excluding tert-OH is 1. The Labute approximate surface area is 117 Å². The molecule has 0 spiro atoms. The molecular weight excluding hydrogens is 315 g/mol. The number of rotatable bonds is 2. The van der Waals surface area contributed by atoms with Gasteiger partial charge >= 0.3 is 0 Å². The lowest BCUT2D eigenvalue weighted by atomic mass is 10.3. The van der Waals surface area contributed by atoms with E-state index in [2.05, 4.69) is 45.4 Å². The SMILES string of the molecule is CCCO.C[N+](C)(C)c1ccccc1.I.N. The molecule has 4 N–H and O–H groups in total. The Morgan fingerprint density at radius 3 is 1.62 bits per heavy atom. The van der Waals surface area contributed by atoms with Crippen molar-refractivity contribution in [2.45, 2.75) is 13.3 Å². The minimum Gasteiger partial charge on any atom is -0.396 e. The second-order valence-corrected chi connectivity index (χ2v) is 4.07. The first-order valence-electron chi connectivity index (χ1n) is 5.00. The minimum absolute atomic E-state index is 0. The Kier molecular flexibility index (Phi) is 15.0. The van der Waals surface area contributed by atoms with Gasteiger partial charge in [0.05, 0.1) is 21.1 Å². The van der Waals surface area contributed by atoms with Gasteiger partial charge in [0.15, 0.2) is 0 Å². The molecule has 0 amide bonds. The van der Waals surface area contributed by atoms with Gasteiger partial charge in [-0.1, -0.05) is 25.1 Å². The molecule has 0 fully saturated rings. The van der Waals surface area contributed by atoms with E-state index in [1.54, 1.807) is 0 Å². The first-order valence-corrected chi connectivity index (χ1v) is 5.00. The Hall–Kier alpha value is -0.170. The van der Waals surface area contributed by atoms with Crippen LogP contribution < -0.4 is 10.6 Å². The highest BCUT2D eigenvalue weighted by Gasteiger charge is 2.08. The molecule has 0 aliphatic carbocycles. The van der Waals surface area contributed by atoms with Gasteiger partial charge in [0, 0.05) is 6.61 Å². The fraction of sp³-hybridized carbons (Fsp3) is 0.500. The molecule has 0 aliphatic rings. The maximum atomic E-state index is 7.88. The highest BCUT2D eigenvalue weighted by molar-refractivity contribution is 14.0. The Bertz CT molecular complexity index is 233. The van der Waals surface area contributed by atoms with Crippen LogP contribution in [-0.2, 0) is 0 Å². The highest BCUT2D eigenvalue weighted by Crippen LogP contribution is 2.14. The van der Waals surface area contributed by atoms with Gasteiger partial charge in [-0.05, 0) is 18.6 Å². The maximum absolute atomic E-state index is 7.88. The number of halogens is 1. The van der Waals surface area contributed by atoms with Crippen LogP contribution in [0, 0.1) is 0 Å². The lowest BCUT2D eigenvalue weighted by Gasteiger charge is -2.22. The number of hydrogen-bond donors (Lipinski definition) is 2. The van der Waals surface area contributed by atoms with Crippen LogP contribution in [-0.4, -0.2) is 32.9 Å². The zero-order valence-corrected chi connectivity index (χ0v) is 13.1. The average molecular weight is 341 g/mol. The van der Waals surface area contributed by atoms with Crippen molar-refractivity contribution in [3.05, 3.63) is 30.3 Å². The third-order valence-electron chi connectivity index (χ3n) is 1.75. The highest BCUT2D eigenvalue weighted by atomic mass is 127. The first kappa shape index (κ1) is 21.1. The molecule has 0 saturated heterocycles. The van der Waals surface area contributed by atoms with Crippen molar-refractivity contribution < 1.29 is 5.11 Å². The van der Waals surface area contributed by atoms with Gasteiger partial charge in [0.2, 0.25) is 0 Å². The Morgan fingerprint density at radius 2 is 1.44 bits per heavy atom. The van der Waals surface area contributed by atoms with Crippen molar-refractivity contribution >= 4 is 29.7 Å². The molecular formula is C12H26IN2O+. The third-order valence-corrected chi connectivity index (χ3v) is 1.75. The van der Waals surface area contributed by atoms with Gasteiger partial charge in [-0.15, -0.1) is 24.0 Å². The third kappa shape index (κ3) is 10.4. The number of quaternary nitrogens is 1. The van der Waals surface area contributed by atoms with E-state index in [0.717, 1.165) is 10.9 Å². The van der Waals surface area contributed by atoms with Crippen LogP contribution in [0.3, 0.4) is 0 Å². The van der Waals surface area contributed by atoms with Crippen LogP contribution in [0.5, 0.6) is 0 Å². The fourth-order valence-corrected chi connectivity index (χ4v) is 0.875. The molecule has 0 aromatic heterocycles. The monoisotopic (exact) mass is 341 g/mol. The van der Waals surface area contributed by atoms with Gasteiger partial charge in [0.1, 0.15) is 5.69 Å². The molecule has 16 heavy (non-hydrogen) atoms. The molecule has 0 bridgehead atoms. The molecule has 4 heteroatoms. The summed E-state index contributed by atoms with van der Waals surface area (Å²) in [7, 11) is 6.49. The summed E-state index contributed by atoms with van der Waals surface area (Å²) in [6.45, 7) is 2.25. The normalized spacial score (nSPS) is 9.06. The van der Waals surface area contributed by atoms with E-state index in [0.29, 0.717) is 6.61 Å². The van der Waals surface area contributed by atoms with Gasteiger partial charge in [-0.25, -0.2) is 0 Å². The zero-order valence-electron chi connectivity index (χ0n) is 10.8. The van der Waals surface area contributed by atoms with E-state index < -0.39 is 0 Å². The lowest BCUT2D eigenvalue weighted by Crippen LogP contribution is -2.34. The molecule has 3 nitrogen and oxygen atoms in total. The smallest absolute Gasteiger partial charge is 0.132 e. The summed E-state index contributed by atoms with van der Waals surface area (Å²) in [4.78, 5) is 0. The van der Waals surface area contributed by atoms with Gasteiger partial charge in [-0.3, -0.25) is 4.48 Å². The van der Waals surface area contributed by atoms with Crippen LogP contribution in [0.1, 0.15) is 13.3 Å². The number of hydrogen-bond acceptors (Lipinski definition) is 2. The Balaban J connectivity index is -0.000000249. The topological polar surface area (TPSA) is 55.2 Å². The molecule has 1 rings (SSSR count). The van der Waals surface area contributed by atoms with Crippen molar-refractivity contribution in [1.82, 2.24) is 10.6 Å². The van der Waals surface area contributed by atoms with Gasteiger partial charge < -0.3 is 11.3 Å². The summed E-state index contributed by atoms with van der Waals surface area (Å²) in [6.07, 6.45) is 0.875. The largest absolute Gasteiger partial charge is 0.396 e. The molecule has 0 aliphatic heterocycles. The zero-order chi connectivity index (χ0) is 11.0. The number of benzene rings is 1. The summed E-state index contributed by atoms with van der Waals surface area (Å²) in [6, 6.07) is 10.5. The second kappa shape index (κ2) is 11.3. The average Bonchev–Trinajstić information content (AvgIpc) is 2.18. The molecule has 0 saturated carbocycles. The van der Waals surface area contributed by atoms with Gasteiger partial charge in [0.25, 0.3) is 0 Å². The predicted molar refractivity (Wildman–Crippen MR) is 83.8 cm³/mol. The lowest BCUT2D eigenvalue weighted by molar-refractivity contribution is 0.295. The second-order valence-electron chi connectivity index (χ2n) is 4.07. The van der Waals surface area contributed by atoms with Crippen LogP contribution in [0.15, 0.2) is 30.3 Å². The first-order chi connectivity index (χ1) is 6.52. The van der Waals surface area contributed by atoms with Crippen molar-refractivity contribution in [2.75, 3.05) is 27.7 Å². The van der Waals surface area contributed by atoms with Crippen LogP contribution in [0.4, 0.5) is 5.69 Å². The summed E-state index contributed by atoms with van der Waals surface area (Å²) in [5, 5.41) is 7.88. The number of aliphatic hydroxyl groups is 1. The summed E-state index contributed by atoms with van der Waals surface area (Å²) in [5.41, 5.74) is 1.34. The number of nitrogens with zero attached hydrogens (tertiary/aromatic N) is 1. The van der Waals surface area contributed by atoms with Gasteiger partial charge in [-0.2, -0.15) is 0 Å². The molecule has 0 atom stereocenters. The maximum Gasteiger partial charge on any atom is 0.132 e. The van der Waals surface area contributed by atoms with E-state index >= 15 is 0 Å². The summed E-state index contributed by atoms with van der Waals surface area (Å²) in [5.74, 6) is 0. The van der Waals surface area contributed by atoms with E-state index in [1.807, 2.05) is 13.0 Å². The fourth-order valence-electron chi connectivity index (χ4n) is 0.875. The van der Waals surface area contributed by atoms with E-state index in [9.17, 15) is 0 Å². The minimum atomic E-state index is 0. The van der Waals surface area contributed by atoms with Crippen molar-refractivity contribution in [1.29, 1.82) is 0 Å². The predicted octanol–water partition coefficient (Wildman–Crippen LogP) is 3.05. The molecule has 0 radical (unpaired) electrons. The van der Waals surface area contributed by atoms with Crippen LogP contribution in [0.25, 0.3) is 0 Å². The van der Waals surface area contributed by atoms with Crippen molar-refractivity contribution in [3.8, 4) is 0 Å². The van der Waals surface area contributed by atoms with Crippen molar-refractivity contribution in [3.63, 3.8) is 0 Å². The van der Waals surface area contributed by atoms with Crippen LogP contribution >= 0.6 is 24.0 Å². The summed E-state index contributed by atoms with van der Waals surface area (Å²) >= 11 is 0. The molecule has 0 heterocycles. The van der Waals surface area contributed by atoms with Crippen molar-refractivity contribution in [2.24, 2.45) is 0 Å². The quantitative estimate of drug-likeness (QED) is 0.642. The molecule has 1 aromatic carbocycles. The van der Waals surface area contributed by atoms with E-state index in [-0.39, 0.29) is 30.1 Å². The molecule has 0 unspecified atom stereocenters. The van der Waals surface area contributed by atoms with E-state index in [1.165, 1.54) is 5.69 Å². The number of para-hydroxylation sites is 1. The Morgan fingerprint density at radius 1 is 1.06 bits per heavy atom. The van der Waals surface area contributed by atoms with Crippen LogP contribution in [0.2, 0.25) is 0 Å². The molecule has 96 valence electrons.